The van der Waals surface area contributed by atoms with Crippen molar-refractivity contribution in [1.29, 1.82) is 0 Å². The van der Waals surface area contributed by atoms with E-state index < -0.39 is 10.0 Å². The standard InChI is InChI=1S/C13H18N2O4S/c1-19-13(16)10-6-8-15(9-7-10)20(17,18)12-5-3-2-4-11(12)14/h2-5,10H,6-9,14H2,1H3. The minimum absolute atomic E-state index is 0.122. The predicted octanol–water partition coefficient (Wildman–Crippen LogP) is 0.842. The van der Waals surface area contributed by atoms with E-state index >= 15 is 0 Å². The number of benzene rings is 1. The fourth-order valence-corrected chi connectivity index (χ4v) is 3.94. The molecule has 0 bridgehead atoms. The summed E-state index contributed by atoms with van der Waals surface area (Å²) < 4.78 is 31.0. The van der Waals surface area contributed by atoms with E-state index in [2.05, 4.69) is 4.74 Å². The van der Waals surface area contributed by atoms with Gasteiger partial charge < -0.3 is 10.5 Å². The molecule has 1 aliphatic heterocycles. The third-order valence-corrected chi connectivity index (χ3v) is 5.50. The highest BCUT2D eigenvalue weighted by Crippen LogP contribution is 2.27. The summed E-state index contributed by atoms with van der Waals surface area (Å²) in [5, 5.41) is 0. The number of nitrogens with zero attached hydrogens (tertiary/aromatic N) is 1. The number of carbonyl (C=O) groups is 1. The zero-order valence-corrected chi connectivity index (χ0v) is 12.1. The van der Waals surface area contributed by atoms with Gasteiger partial charge in [-0.15, -0.1) is 0 Å². The number of para-hydroxylation sites is 1. The largest absolute Gasteiger partial charge is 0.469 e. The molecule has 1 aliphatic rings. The van der Waals surface area contributed by atoms with E-state index in [4.69, 9.17) is 5.73 Å². The molecule has 0 unspecified atom stereocenters. The number of methoxy groups -OCH3 is 1. The number of ether oxygens (including phenoxy) is 1. The van der Waals surface area contributed by atoms with Crippen LogP contribution in [0.1, 0.15) is 12.8 Å². The van der Waals surface area contributed by atoms with Crippen molar-refractivity contribution in [1.82, 2.24) is 4.31 Å². The highest BCUT2D eigenvalue weighted by molar-refractivity contribution is 7.89. The fourth-order valence-electron chi connectivity index (χ4n) is 2.35. The minimum Gasteiger partial charge on any atom is -0.469 e. The first-order valence-electron chi connectivity index (χ1n) is 6.39. The molecule has 20 heavy (non-hydrogen) atoms. The van der Waals surface area contributed by atoms with Crippen molar-refractivity contribution in [3.8, 4) is 0 Å². The van der Waals surface area contributed by atoms with Crippen LogP contribution in [0.25, 0.3) is 0 Å². The van der Waals surface area contributed by atoms with Crippen LogP contribution < -0.4 is 5.73 Å². The van der Waals surface area contributed by atoms with E-state index in [-0.39, 0.29) is 22.5 Å². The van der Waals surface area contributed by atoms with Crippen LogP contribution >= 0.6 is 0 Å². The van der Waals surface area contributed by atoms with E-state index in [0.717, 1.165) is 0 Å². The first kappa shape index (κ1) is 14.8. The van der Waals surface area contributed by atoms with Gasteiger partial charge in [0.25, 0.3) is 0 Å². The lowest BCUT2D eigenvalue weighted by atomic mass is 9.99. The van der Waals surface area contributed by atoms with E-state index in [9.17, 15) is 13.2 Å². The Bertz CT molecular complexity index is 592. The Morgan fingerprint density at radius 1 is 1.30 bits per heavy atom. The second kappa shape index (κ2) is 5.80. The normalized spacial score (nSPS) is 17.9. The average molecular weight is 298 g/mol. The number of anilines is 1. The molecule has 1 heterocycles. The summed E-state index contributed by atoms with van der Waals surface area (Å²) >= 11 is 0. The second-order valence-corrected chi connectivity index (χ2v) is 6.65. The SMILES string of the molecule is COC(=O)C1CCN(S(=O)(=O)c2ccccc2N)CC1. The van der Waals surface area contributed by atoms with Crippen molar-refractivity contribution in [2.45, 2.75) is 17.7 Å². The summed E-state index contributed by atoms with van der Waals surface area (Å²) in [6.07, 6.45) is 0.942. The molecular weight excluding hydrogens is 280 g/mol. The number of sulfonamides is 1. The molecule has 0 radical (unpaired) electrons. The number of rotatable bonds is 3. The topological polar surface area (TPSA) is 89.7 Å². The number of esters is 1. The van der Waals surface area contributed by atoms with Gasteiger partial charge in [0.1, 0.15) is 4.90 Å². The monoisotopic (exact) mass is 298 g/mol. The van der Waals surface area contributed by atoms with Gasteiger partial charge in [-0.3, -0.25) is 4.79 Å². The molecular formula is C13H18N2O4S. The summed E-state index contributed by atoms with van der Waals surface area (Å²) in [6, 6.07) is 6.40. The quantitative estimate of drug-likeness (QED) is 0.660. The van der Waals surface area contributed by atoms with Crippen LogP contribution in [0.15, 0.2) is 29.2 Å². The first-order chi connectivity index (χ1) is 9.46. The molecule has 1 aromatic rings. The van der Waals surface area contributed by atoms with Crippen molar-refractivity contribution in [2.75, 3.05) is 25.9 Å². The lowest BCUT2D eigenvalue weighted by Gasteiger charge is -2.30. The fraction of sp³-hybridized carbons (Fsp3) is 0.462. The lowest BCUT2D eigenvalue weighted by Crippen LogP contribution is -2.40. The maximum atomic E-state index is 12.5. The van der Waals surface area contributed by atoms with Crippen molar-refractivity contribution in [3.63, 3.8) is 0 Å². The van der Waals surface area contributed by atoms with Crippen molar-refractivity contribution >= 4 is 21.7 Å². The Hall–Kier alpha value is -1.60. The maximum absolute atomic E-state index is 12.5. The molecule has 0 amide bonds. The van der Waals surface area contributed by atoms with Gasteiger partial charge in [-0.25, -0.2) is 8.42 Å². The number of carbonyl (C=O) groups excluding carboxylic acids is 1. The molecule has 0 saturated carbocycles. The van der Waals surface area contributed by atoms with E-state index in [1.54, 1.807) is 18.2 Å². The van der Waals surface area contributed by atoms with Gasteiger partial charge in [0.15, 0.2) is 0 Å². The number of hydrogen-bond acceptors (Lipinski definition) is 5. The number of piperidine rings is 1. The first-order valence-corrected chi connectivity index (χ1v) is 7.83. The predicted molar refractivity (Wildman–Crippen MR) is 74.4 cm³/mol. The zero-order chi connectivity index (χ0) is 14.8. The molecule has 0 atom stereocenters. The van der Waals surface area contributed by atoms with E-state index in [0.29, 0.717) is 25.9 Å². The average Bonchev–Trinajstić information content (AvgIpc) is 2.47. The van der Waals surface area contributed by atoms with Crippen LogP contribution in [0.3, 0.4) is 0 Å². The van der Waals surface area contributed by atoms with Gasteiger partial charge in [0.2, 0.25) is 10.0 Å². The summed E-state index contributed by atoms with van der Waals surface area (Å²) in [7, 11) is -2.25. The summed E-state index contributed by atoms with van der Waals surface area (Å²) in [5.74, 6) is -0.499. The number of hydrogen-bond donors (Lipinski definition) is 1. The van der Waals surface area contributed by atoms with Crippen LogP contribution in [-0.2, 0) is 19.6 Å². The van der Waals surface area contributed by atoms with Gasteiger partial charge in [-0.1, -0.05) is 12.1 Å². The minimum atomic E-state index is -3.59. The van der Waals surface area contributed by atoms with Crippen LogP contribution in [0.2, 0.25) is 0 Å². The summed E-state index contributed by atoms with van der Waals surface area (Å²) in [5.41, 5.74) is 5.97. The van der Waals surface area contributed by atoms with Crippen LogP contribution in [0.4, 0.5) is 5.69 Å². The molecule has 6 nitrogen and oxygen atoms in total. The molecule has 0 spiro atoms. The summed E-state index contributed by atoms with van der Waals surface area (Å²) in [4.78, 5) is 11.6. The Labute approximate surface area is 118 Å². The van der Waals surface area contributed by atoms with Gasteiger partial charge in [-0.2, -0.15) is 4.31 Å². The Morgan fingerprint density at radius 2 is 1.90 bits per heavy atom. The molecule has 7 heteroatoms. The van der Waals surface area contributed by atoms with Crippen molar-refractivity contribution in [2.24, 2.45) is 5.92 Å². The van der Waals surface area contributed by atoms with Gasteiger partial charge in [-0.05, 0) is 25.0 Å². The molecule has 110 valence electrons. The molecule has 1 fully saturated rings. The zero-order valence-electron chi connectivity index (χ0n) is 11.3. The van der Waals surface area contributed by atoms with Crippen molar-refractivity contribution < 1.29 is 17.9 Å². The smallest absolute Gasteiger partial charge is 0.308 e. The molecule has 1 saturated heterocycles. The van der Waals surface area contributed by atoms with E-state index in [1.165, 1.54) is 17.5 Å². The van der Waals surface area contributed by atoms with E-state index in [1.807, 2.05) is 0 Å². The lowest BCUT2D eigenvalue weighted by molar-refractivity contribution is -0.146. The third kappa shape index (κ3) is 2.78. The number of nitrogens with two attached hydrogens (primary N) is 1. The molecule has 2 rings (SSSR count). The maximum Gasteiger partial charge on any atom is 0.308 e. The molecule has 2 N–H and O–H groups in total. The van der Waals surface area contributed by atoms with Crippen LogP contribution in [0.5, 0.6) is 0 Å². The highest BCUT2D eigenvalue weighted by atomic mass is 32.2. The van der Waals surface area contributed by atoms with Gasteiger partial charge >= 0.3 is 5.97 Å². The third-order valence-electron chi connectivity index (χ3n) is 3.53. The number of nitrogen functional groups attached to an aromatic ring is 1. The Morgan fingerprint density at radius 3 is 2.45 bits per heavy atom. The van der Waals surface area contributed by atoms with Gasteiger partial charge in [0.05, 0.1) is 18.7 Å². The second-order valence-electron chi connectivity index (χ2n) is 4.74. The van der Waals surface area contributed by atoms with Crippen LogP contribution in [-0.4, -0.2) is 38.9 Å². The molecule has 1 aromatic carbocycles. The molecule has 0 aliphatic carbocycles. The summed E-state index contributed by atoms with van der Waals surface area (Å²) in [6.45, 7) is 0.604. The highest BCUT2D eigenvalue weighted by Gasteiger charge is 2.33. The van der Waals surface area contributed by atoms with Gasteiger partial charge in [0, 0.05) is 13.1 Å². The van der Waals surface area contributed by atoms with Crippen LogP contribution in [0, 0.1) is 5.92 Å². The molecule has 0 aromatic heterocycles. The van der Waals surface area contributed by atoms with Crippen molar-refractivity contribution in [3.05, 3.63) is 24.3 Å². The Kier molecular flexibility index (Phi) is 4.29. The Balaban J connectivity index is 2.14.